The van der Waals surface area contributed by atoms with Crippen molar-refractivity contribution in [3.05, 3.63) is 35.4 Å². The minimum Gasteiger partial charge on any atom is -0.360 e. The van der Waals surface area contributed by atoms with Gasteiger partial charge in [0, 0.05) is 18.6 Å². The van der Waals surface area contributed by atoms with E-state index in [0.29, 0.717) is 18.2 Å². The number of rotatable bonds is 3. The normalized spacial score (nSPS) is 10.9. The predicted molar refractivity (Wildman–Crippen MR) is 62.3 cm³/mol. The number of halogens is 1. The van der Waals surface area contributed by atoms with Crippen molar-refractivity contribution in [2.24, 2.45) is 0 Å². The molecule has 3 heterocycles. The van der Waals surface area contributed by atoms with Gasteiger partial charge in [-0.3, -0.25) is 0 Å². The van der Waals surface area contributed by atoms with Crippen LogP contribution in [0.4, 0.5) is 5.82 Å². The second-order valence-corrected chi connectivity index (χ2v) is 4.08. The summed E-state index contributed by atoms with van der Waals surface area (Å²) in [6.07, 6.45) is 6.68. The molecule has 0 radical (unpaired) electrons. The van der Waals surface area contributed by atoms with Crippen LogP contribution in [0.15, 0.2) is 34.1 Å². The molecular weight excluding hydrogens is 288 g/mol. The van der Waals surface area contributed by atoms with Gasteiger partial charge in [0.25, 0.3) is 0 Å². The SMILES string of the molecule is Brc1cn2ccnc2c(NCc2ncon2)n1. The third-order valence-electron chi connectivity index (χ3n) is 2.17. The van der Waals surface area contributed by atoms with Gasteiger partial charge >= 0.3 is 0 Å². The van der Waals surface area contributed by atoms with Crippen LogP contribution in [0.25, 0.3) is 5.65 Å². The highest BCUT2D eigenvalue weighted by molar-refractivity contribution is 9.10. The van der Waals surface area contributed by atoms with Gasteiger partial charge in [-0.2, -0.15) is 4.98 Å². The number of nitrogens with one attached hydrogen (secondary N) is 1. The van der Waals surface area contributed by atoms with E-state index in [1.165, 1.54) is 6.39 Å². The van der Waals surface area contributed by atoms with E-state index in [9.17, 15) is 0 Å². The number of hydrogen-bond acceptors (Lipinski definition) is 6. The summed E-state index contributed by atoms with van der Waals surface area (Å²) in [6, 6.07) is 0. The van der Waals surface area contributed by atoms with Gasteiger partial charge in [-0.25, -0.2) is 9.97 Å². The van der Waals surface area contributed by atoms with Gasteiger partial charge in [0.1, 0.15) is 4.60 Å². The average Bonchev–Trinajstić information content (AvgIpc) is 2.95. The Labute approximate surface area is 104 Å². The Bertz CT molecular complexity index is 634. The highest BCUT2D eigenvalue weighted by atomic mass is 79.9. The first-order chi connectivity index (χ1) is 8.33. The first-order valence-corrected chi connectivity index (χ1v) is 5.60. The van der Waals surface area contributed by atoms with Crippen molar-refractivity contribution in [3.63, 3.8) is 0 Å². The van der Waals surface area contributed by atoms with E-state index in [2.05, 4.69) is 45.9 Å². The minimum atomic E-state index is 0.433. The second kappa shape index (κ2) is 4.13. The van der Waals surface area contributed by atoms with Crippen molar-refractivity contribution < 1.29 is 4.52 Å². The summed E-state index contributed by atoms with van der Waals surface area (Å²) in [5.41, 5.74) is 0.747. The fourth-order valence-corrected chi connectivity index (χ4v) is 1.85. The van der Waals surface area contributed by atoms with Gasteiger partial charge in [-0.05, 0) is 15.9 Å². The number of nitrogens with zero attached hydrogens (tertiary/aromatic N) is 5. The highest BCUT2D eigenvalue weighted by Gasteiger charge is 2.07. The maximum atomic E-state index is 4.65. The number of imidazole rings is 1. The van der Waals surface area contributed by atoms with Crippen LogP contribution in [0.2, 0.25) is 0 Å². The lowest BCUT2D eigenvalue weighted by Gasteiger charge is -2.05. The lowest BCUT2D eigenvalue weighted by Crippen LogP contribution is -2.05. The van der Waals surface area contributed by atoms with E-state index in [1.807, 2.05) is 16.8 Å². The lowest BCUT2D eigenvalue weighted by molar-refractivity contribution is 0.411. The van der Waals surface area contributed by atoms with Crippen LogP contribution in [-0.2, 0) is 6.54 Å². The Morgan fingerprint density at radius 2 is 2.35 bits per heavy atom. The number of aromatic nitrogens is 5. The molecule has 0 aromatic carbocycles. The molecule has 0 spiro atoms. The monoisotopic (exact) mass is 294 g/mol. The first kappa shape index (κ1) is 10.2. The van der Waals surface area contributed by atoms with Gasteiger partial charge in [-0.15, -0.1) is 0 Å². The number of anilines is 1. The first-order valence-electron chi connectivity index (χ1n) is 4.81. The average molecular weight is 295 g/mol. The zero-order valence-electron chi connectivity index (χ0n) is 8.54. The molecule has 3 rings (SSSR count). The van der Waals surface area contributed by atoms with Crippen LogP contribution in [0.3, 0.4) is 0 Å². The van der Waals surface area contributed by atoms with Gasteiger partial charge in [0.2, 0.25) is 6.39 Å². The van der Waals surface area contributed by atoms with Crippen LogP contribution in [0.1, 0.15) is 5.82 Å². The fourth-order valence-electron chi connectivity index (χ4n) is 1.45. The molecule has 0 saturated heterocycles. The standard InChI is InChI=1S/C9H7BrN6O/c10-6-4-16-2-1-11-9(16)8(14-6)12-3-7-13-5-17-15-7/h1-2,4-5H,3H2,(H,12,14). The van der Waals surface area contributed by atoms with Crippen molar-refractivity contribution >= 4 is 27.4 Å². The van der Waals surface area contributed by atoms with Crippen molar-refractivity contribution in [1.29, 1.82) is 0 Å². The molecule has 3 aromatic rings. The highest BCUT2D eigenvalue weighted by Crippen LogP contribution is 2.17. The molecule has 0 amide bonds. The topological polar surface area (TPSA) is 81.1 Å². The van der Waals surface area contributed by atoms with Crippen LogP contribution < -0.4 is 5.32 Å². The van der Waals surface area contributed by atoms with E-state index in [4.69, 9.17) is 0 Å². The van der Waals surface area contributed by atoms with Crippen LogP contribution in [0.5, 0.6) is 0 Å². The molecule has 3 aromatic heterocycles. The molecule has 0 atom stereocenters. The lowest BCUT2D eigenvalue weighted by atomic mass is 10.5. The summed E-state index contributed by atoms with van der Waals surface area (Å²) in [4.78, 5) is 12.4. The maximum Gasteiger partial charge on any atom is 0.213 e. The molecule has 8 heteroatoms. The van der Waals surface area contributed by atoms with E-state index in [1.54, 1.807) is 6.20 Å². The molecular formula is C9H7BrN6O. The summed E-state index contributed by atoms with van der Waals surface area (Å²) in [6.45, 7) is 0.433. The van der Waals surface area contributed by atoms with E-state index >= 15 is 0 Å². The Morgan fingerprint density at radius 3 is 3.18 bits per heavy atom. The number of fused-ring (bicyclic) bond motifs is 1. The van der Waals surface area contributed by atoms with Crippen molar-refractivity contribution in [2.45, 2.75) is 6.54 Å². The third kappa shape index (κ3) is 1.98. The molecule has 86 valence electrons. The summed E-state index contributed by atoms with van der Waals surface area (Å²) in [5.74, 6) is 1.23. The molecule has 7 nitrogen and oxygen atoms in total. The van der Waals surface area contributed by atoms with E-state index in [-0.39, 0.29) is 0 Å². The second-order valence-electron chi connectivity index (χ2n) is 3.27. The number of hydrogen-bond donors (Lipinski definition) is 1. The summed E-state index contributed by atoms with van der Waals surface area (Å²) in [5, 5.41) is 6.81. The molecule has 0 saturated carbocycles. The van der Waals surface area contributed by atoms with Crippen molar-refractivity contribution in [2.75, 3.05) is 5.32 Å². The minimum absolute atomic E-state index is 0.433. The molecule has 17 heavy (non-hydrogen) atoms. The summed E-state index contributed by atoms with van der Waals surface area (Å²) >= 11 is 3.34. The molecule has 0 bridgehead atoms. The maximum absolute atomic E-state index is 4.65. The Hall–Kier alpha value is -1.96. The van der Waals surface area contributed by atoms with E-state index in [0.717, 1.165) is 10.3 Å². The summed E-state index contributed by atoms with van der Waals surface area (Å²) in [7, 11) is 0. The Kier molecular flexibility index (Phi) is 2.48. The van der Waals surface area contributed by atoms with E-state index < -0.39 is 0 Å². The smallest absolute Gasteiger partial charge is 0.213 e. The van der Waals surface area contributed by atoms with Crippen molar-refractivity contribution in [3.8, 4) is 0 Å². The molecule has 0 aliphatic rings. The van der Waals surface area contributed by atoms with Crippen molar-refractivity contribution in [1.82, 2.24) is 24.5 Å². The van der Waals surface area contributed by atoms with Gasteiger partial charge in [0.15, 0.2) is 17.3 Å². The molecule has 0 aliphatic carbocycles. The van der Waals surface area contributed by atoms with Gasteiger partial charge < -0.3 is 14.2 Å². The van der Waals surface area contributed by atoms with Gasteiger partial charge in [0.05, 0.1) is 6.54 Å². The molecule has 0 fully saturated rings. The van der Waals surface area contributed by atoms with Gasteiger partial charge in [-0.1, -0.05) is 5.16 Å². The third-order valence-corrected chi connectivity index (χ3v) is 2.55. The Morgan fingerprint density at radius 1 is 1.41 bits per heavy atom. The fraction of sp³-hybridized carbons (Fsp3) is 0.111. The zero-order chi connectivity index (χ0) is 11.7. The Balaban J connectivity index is 1.91. The summed E-state index contributed by atoms with van der Waals surface area (Å²) < 4.78 is 7.24. The van der Waals surface area contributed by atoms with Crippen LogP contribution in [0, 0.1) is 0 Å². The molecule has 0 unspecified atom stereocenters. The predicted octanol–water partition coefficient (Wildman–Crippen LogP) is 1.49. The molecule has 1 N–H and O–H groups in total. The van der Waals surface area contributed by atoms with Crippen LogP contribution >= 0.6 is 15.9 Å². The zero-order valence-corrected chi connectivity index (χ0v) is 10.1. The largest absolute Gasteiger partial charge is 0.360 e. The van der Waals surface area contributed by atoms with Crippen LogP contribution in [-0.4, -0.2) is 24.5 Å². The quantitative estimate of drug-likeness (QED) is 0.788. The molecule has 0 aliphatic heterocycles.